The first kappa shape index (κ1) is 13.3. The first-order valence-electron chi connectivity index (χ1n) is 7.27. The average Bonchev–Trinajstić information content (AvgIpc) is 2.40. The van der Waals surface area contributed by atoms with Crippen molar-refractivity contribution in [1.82, 2.24) is 0 Å². The van der Waals surface area contributed by atoms with E-state index in [2.05, 4.69) is 19.9 Å². The van der Waals surface area contributed by atoms with Gasteiger partial charge in [-0.05, 0) is 43.4 Å². The molecule has 0 radical (unpaired) electrons. The van der Waals surface area contributed by atoms with Gasteiger partial charge in [0.25, 0.3) is 0 Å². The molecule has 18 heavy (non-hydrogen) atoms. The predicted molar refractivity (Wildman–Crippen MR) is 76.1 cm³/mol. The summed E-state index contributed by atoms with van der Waals surface area (Å²) in [7, 11) is 0. The molecule has 0 amide bonds. The SMILES string of the molecule is Cc1ccc(C(=O)CCC2CCCCC2)cc1C. The van der Waals surface area contributed by atoms with Crippen molar-refractivity contribution in [3.05, 3.63) is 34.9 Å². The Bertz CT molecular complexity index is 414. The van der Waals surface area contributed by atoms with Crippen LogP contribution < -0.4 is 0 Å². The molecule has 1 heteroatoms. The van der Waals surface area contributed by atoms with Crippen molar-refractivity contribution < 1.29 is 4.79 Å². The van der Waals surface area contributed by atoms with Crippen LogP contribution in [0.25, 0.3) is 0 Å². The maximum atomic E-state index is 12.2. The van der Waals surface area contributed by atoms with Gasteiger partial charge in [0, 0.05) is 12.0 Å². The zero-order valence-corrected chi connectivity index (χ0v) is 11.7. The highest BCUT2D eigenvalue weighted by molar-refractivity contribution is 5.96. The summed E-state index contributed by atoms with van der Waals surface area (Å²) < 4.78 is 0. The van der Waals surface area contributed by atoms with Gasteiger partial charge in [0.2, 0.25) is 0 Å². The van der Waals surface area contributed by atoms with Gasteiger partial charge in [-0.25, -0.2) is 0 Å². The molecule has 0 bridgehead atoms. The Kier molecular flexibility index (Phi) is 4.57. The summed E-state index contributed by atoms with van der Waals surface area (Å²) >= 11 is 0. The molecule has 2 rings (SSSR count). The second-order valence-electron chi connectivity index (χ2n) is 5.76. The zero-order chi connectivity index (χ0) is 13.0. The second kappa shape index (κ2) is 6.17. The third-order valence-electron chi connectivity index (χ3n) is 4.33. The molecule has 1 aliphatic rings. The van der Waals surface area contributed by atoms with Gasteiger partial charge < -0.3 is 0 Å². The molecule has 1 aromatic rings. The molecule has 1 fully saturated rings. The Balaban J connectivity index is 1.88. The number of carbonyl (C=O) groups is 1. The number of carbonyl (C=O) groups excluding carboxylic acids is 1. The highest BCUT2D eigenvalue weighted by atomic mass is 16.1. The Morgan fingerprint density at radius 3 is 2.50 bits per heavy atom. The maximum absolute atomic E-state index is 12.2. The van der Waals surface area contributed by atoms with Gasteiger partial charge in [-0.3, -0.25) is 4.79 Å². The molecule has 0 spiro atoms. The van der Waals surface area contributed by atoms with Crippen molar-refractivity contribution in [2.24, 2.45) is 5.92 Å². The molecule has 0 aromatic heterocycles. The standard InChI is InChI=1S/C17H24O/c1-13-8-10-16(12-14(13)2)17(18)11-9-15-6-4-3-5-7-15/h8,10,12,15H,3-7,9,11H2,1-2H3. The Morgan fingerprint density at radius 2 is 1.83 bits per heavy atom. The van der Waals surface area contributed by atoms with Crippen LogP contribution in [0.15, 0.2) is 18.2 Å². The van der Waals surface area contributed by atoms with E-state index in [0.29, 0.717) is 5.78 Å². The van der Waals surface area contributed by atoms with Crippen LogP contribution in [0.4, 0.5) is 0 Å². The lowest BCUT2D eigenvalue weighted by Gasteiger charge is -2.20. The number of ketones is 1. The van der Waals surface area contributed by atoms with Gasteiger partial charge >= 0.3 is 0 Å². The fourth-order valence-corrected chi connectivity index (χ4v) is 2.87. The van der Waals surface area contributed by atoms with Crippen molar-refractivity contribution >= 4 is 5.78 Å². The molecule has 0 N–H and O–H groups in total. The van der Waals surface area contributed by atoms with Crippen LogP contribution in [0.1, 0.15) is 66.4 Å². The van der Waals surface area contributed by atoms with Crippen LogP contribution in [0.3, 0.4) is 0 Å². The summed E-state index contributed by atoms with van der Waals surface area (Å²) in [4.78, 5) is 12.2. The van der Waals surface area contributed by atoms with E-state index in [1.54, 1.807) is 0 Å². The topological polar surface area (TPSA) is 17.1 Å². The molecule has 1 saturated carbocycles. The molecule has 0 atom stereocenters. The lowest BCUT2D eigenvalue weighted by molar-refractivity contribution is 0.0970. The second-order valence-corrected chi connectivity index (χ2v) is 5.76. The minimum absolute atomic E-state index is 0.323. The number of hydrogen-bond donors (Lipinski definition) is 0. The van der Waals surface area contributed by atoms with Crippen molar-refractivity contribution in [3.8, 4) is 0 Å². The Hall–Kier alpha value is -1.11. The van der Waals surface area contributed by atoms with Crippen LogP contribution in [0.2, 0.25) is 0 Å². The van der Waals surface area contributed by atoms with Gasteiger partial charge in [-0.15, -0.1) is 0 Å². The first-order valence-corrected chi connectivity index (χ1v) is 7.27. The molecular weight excluding hydrogens is 220 g/mol. The van der Waals surface area contributed by atoms with Gasteiger partial charge in [-0.2, -0.15) is 0 Å². The fraction of sp³-hybridized carbons (Fsp3) is 0.588. The van der Waals surface area contributed by atoms with Crippen LogP contribution >= 0.6 is 0 Å². The normalized spacial score (nSPS) is 16.8. The molecule has 1 aliphatic carbocycles. The van der Waals surface area contributed by atoms with Crippen molar-refractivity contribution in [3.63, 3.8) is 0 Å². The molecule has 0 unspecified atom stereocenters. The molecule has 0 heterocycles. The fourth-order valence-electron chi connectivity index (χ4n) is 2.87. The summed E-state index contributed by atoms with van der Waals surface area (Å²) in [6, 6.07) is 6.08. The summed E-state index contributed by atoms with van der Waals surface area (Å²) in [6.07, 6.45) is 8.60. The third kappa shape index (κ3) is 3.44. The van der Waals surface area contributed by atoms with Gasteiger partial charge in [0.15, 0.2) is 5.78 Å². The van der Waals surface area contributed by atoms with E-state index in [0.717, 1.165) is 24.3 Å². The first-order chi connectivity index (χ1) is 8.66. The van der Waals surface area contributed by atoms with Crippen molar-refractivity contribution in [2.75, 3.05) is 0 Å². The highest BCUT2D eigenvalue weighted by Crippen LogP contribution is 2.27. The van der Waals surface area contributed by atoms with Gasteiger partial charge in [-0.1, -0.05) is 44.2 Å². The number of rotatable bonds is 4. The predicted octanol–water partition coefficient (Wildman–Crippen LogP) is 4.85. The molecular formula is C17H24O. The zero-order valence-electron chi connectivity index (χ0n) is 11.7. The lowest BCUT2D eigenvalue weighted by atomic mass is 9.85. The maximum Gasteiger partial charge on any atom is 0.162 e. The molecule has 98 valence electrons. The number of benzene rings is 1. The minimum atomic E-state index is 0.323. The molecule has 1 nitrogen and oxygen atoms in total. The Morgan fingerprint density at radius 1 is 1.11 bits per heavy atom. The van der Waals surface area contributed by atoms with Crippen molar-refractivity contribution in [2.45, 2.75) is 58.8 Å². The molecule has 0 aliphatic heterocycles. The minimum Gasteiger partial charge on any atom is -0.294 e. The largest absolute Gasteiger partial charge is 0.294 e. The summed E-state index contributed by atoms with van der Waals surface area (Å²) in [6.45, 7) is 4.17. The molecule has 0 saturated heterocycles. The smallest absolute Gasteiger partial charge is 0.162 e. The van der Waals surface area contributed by atoms with Crippen LogP contribution in [0.5, 0.6) is 0 Å². The summed E-state index contributed by atoms with van der Waals surface area (Å²) in [5.41, 5.74) is 3.38. The molecule has 1 aromatic carbocycles. The number of hydrogen-bond acceptors (Lipinski definition) is 1. The monoisotopic (exact) mass is 244 g/mol. The van der Waals surface area contributed by atoms with E-state index in [1.807, 2.05) is 12.1 Å². The summed E-state index contributed by atoms with van der Waals surface area (Å²) in [5.74, 6) is 1.12. The average molecular weight is 244 g/mol. The van der Waals surface area contributed by atoms with E-state index in [1.165, 1.54) is 43.2 Å². The van der Waals surface area contributed by atoms with E-state index in [9.17, 15) is 4.79 Å². The van der Waals surface area contributed by atoms with E-state index in [4.69, 9.17) is 0 Å². The van der Waals surface area contributed by atoms with Crippen LogP contribution in [-0.4, -0.2) is 5.78 Å². The van der Waals surface area contributed by atoms with E-state index < -0.39 is 0 Å². The van der Waals surface area contributed by atoms with E-state index >= 15 is 0 Å². The van der Waals surface area contributed by atoms with Gasteiger partial charge in [0.1, 0.15) is 0 Å². The quantitative estimate of drug-likeness (QED) is 0.692. The number of Topliss-reactive ketones (excluding diaryl/α,β-unsaturated/α-hetero) is 1. The van der Waals surface area contributed by atoms with Crippen LogP contribution in [0, 0.1) is 19.8 Å². The summed E-state index contributed by atoms with van der Waals surface area (Å²) in [5, 5.41) is 0. The van der Waals surface area contributed by atoms with Crippen molar-refractivity contribution in [1.29, 1.82) is 0 Å². The van der Waals surface area contributed by atoms with Gasteiger partial charge in [0.05, 0.1) is 0 Å². The van der Waals surface area contributed by atoms with Crippen LogP contribution in [-0.2, 0) is 0 Å². The Labute approximate surface area is 111 Å². The lowest BCUT2D eigenvalue weighted by Crippen LogP contribution is -2.09. The third-order valence-corrected chi connectivity index (χ3v) is 4.33. The van der Waals surface area contributed by atoms with E-state index in [-0.39, 0.29) is 0 Å². The number of aryl methyl sites for hydroxylation is 2. The highest BCUT2D eigenvalue weighted by Gasteiger charge is 2.15.